The van der Waals surface area contributed by atoms with Gasteiger partial charge in [0.2, 0.25) is 0 Å². The van der Waals surface area contributed by atoms with Crippen molar-refractivity contribution in [3.8, 4) is 11.5 Å². The molecule has 0 aliphatic rings. The van der Waals surface area contributed by atoms with E-state index >= 15 is 0 Å². The molecule has 0 saturated carbocycles. The lowest BCUT2D eigenvalue weighted by Crippen LogP contribution is -2.36. The molecule has 2 N–H and O–H groups in total. The van der Waals surface area contributed by atoms with E-state index in [1.54, 1.807) is 19.1 Å². The fraction of sp³-hybridized carbons (Fsp3) is 0.667. The molecule has 0 bridgehead atoms. The van der Waals surface area contributed by atoms with Crippen LogP contribution in [-0.4, -0.2) is 42.6 Å². The van der Waals surface area contributed by atoms with Crippen LogP contribution in [0.25, 0.3) is 0 Å². The molecule has 9 heteroatoms. The number of rotatable bonds is 18. The monoisotopic (exact) mass is 549 g/mol. The van der Waals surface area contributed by atoms with E-state index in [1.165, 1.54) is 6.07 Å². The number of hydrogen-bond donors (Lipinski definition) is 1. The summed E-state index contributed by atoms with van der Waals surface area (Å²) < 4.78 is 21.5. The molecular weight excluding hydrogens is 502 g/mol. The molecule has 2 atom stereocenters. The lowest BCUT2D eigenvalue weighted by Gasteiger charge is -2.17. The van der Waals surface area contributed by atoms with E-state index in [1.807, 2.05) is 27.7 Å². The molecule has 0 unspecified atom stereocenters. The fourth-order valence-electron chi connectivity index (χ4n) is 3.48. The van der Waals surface area contributed by atoms with Crippen molar-refractivity contribution in [3.05, 3.63) is 23.8 Å². The normalized spacial score (nSPS) is 12.6. The van der Waals surface area contributed by atoms with Gasteiger partial charge in [-0.1, -0.05) is 53.5 Å². The molecule has 0 radical (unpaired) electrons. The zero-order chi connectivity index (χ0) is 29.4. The average molecular weight is 550 g/mol. The third-order valence-corrected chi connectivity index (χ3v) is 5.84. The van der Waals surface area contributed by atoms with Crippen molar-refractivity contribution >= 4 is 23.9 Å². The van der Waals surface area contributed by atoms with E-state index in [9.17, 15) is 19.2 Å². The topological polar surface area (TPSA) is 131 Å². The number of ether oxygens (including phenoxy) is 4. The zero-order valence-electron chi connectivity index (χ0n) is 24.5. The average Bonchev–Trinajstić information content (AvgIpc) is 2.86. The highest BCUT2D eigenvalue weighted by molar-refractivity contribution is 5.77. The molecule has 1 aromatic carbocycles. The second-order valence-electron chi connectivity index (χ2n) is 10.8. The highest BCUT2D eigenvalue weighted by Gasteiger charge is 2.21. The van der Waals surface area contributed by atoms with Crippen LogP contribution in [0.3, 0.4) is 0 Å². The van der Waals surface area contributed by atoms with E-state index in [-0.39, 0.29) is 43.3 Å². The van der Waals surface area contributed by atoms with Crippen LogP contribution in [0.15, 0.2) is 18.2 Å². The van der Waals surface area contributed by atoms with Gasteiger partial charge in [0, 0.05) is 19.3 Å². The maximum Gasteiger partial charge on any atom is 0.323 e. The van der Waals surface area contributed by atoms with Crippen LogP contribution in [0.2, 0.25) is 0 Å². The molecule has 0 aliphatic carbocycles. The quantitative estimate of drug-likeness (QED) is 0.147. The molecule has 39 heavy (non-hydrogen) atoms. The SMILES string of the molecule is CCCCCC(=O)O[C@@H](C)COC(=O)[C@@H](N)Cc1ccc(OC(=O)CCC(C)C)c(OC(=O)CCC(C)C)c1. The first kappa shape index (κ1) is 34.1. The lowest BCUT2D eigenvalue weighted by atomic mass is 10.1. The van der Waals surface area contributed by atoms with Crippen LogP contribution in [0.1, 0.15) is 98.5 Å². The predicted molar refractivity (Wildman–Crippen MR) is 148 cm³/mol. The summed E-state index contributed by atoms with van der Waals surface area (Å²) in [4.78, 5) is 49.0. The fourth-order valence-corrected chi connectivity index (χ4v) is 3.48. The van der Waals surface area contributed by atoms with E-state index in [0.717, 1.165) is 19.3 Å². The second-order valence-corrected chi connectivity index (χ2v) is 10.8. The van der Waals surface area contributed by atoms with Crippen LogP contribution < -0.4 is 15.2 Å². The van der Waals surface area contributed by atoms with Gasteiger partial charge in [-0.15, -0.1) is 0 Å². The first-order valence-corrected chi connectivity index (χ1v) is 14.1. The smallest absolute Gasteiger partial charge is 0.323 e. The Balaban J connectivity index is 2.80. The summed E-state index contributed by atoms with van der Waals surface area (Å²) in [6.07, 6.45) is 4.36. The van der Waals surface area contributed by atoms with Crippen LogP contribution in [-0.2, 0) is 35.1 Å². The number of esters is 4. The molecular formula is C30H47NO8. The van der Waals surface area contributed by atoms with Crippen molar-refractivity contribution in [2.75, 3.05) is 6.61 Å². The van der Waals surface area contributed by atoms with Crippen molar-refractivity contribution in [2.45, 2.75) is 111 Å². The number of nitrogens with two attached hydrogens (primary N) is 1. The van der Waals surface area contributed by atoms with E-state index in [0.29, 0.717) is 36.7 Å². The Labute approximate surface area is 233 Å². The molecule has 0 fully saturated rings. The summed E-state index contributed by atoms with van der Waals surface area (Å²) in [7, 11) is 0. The molecule has 0 aliphatic heterocycles. The lowest BCUT2D eigenvalue weighted by molar-refractivity contribution is -0.158. The molecule has 0 saturated heterocycles. The summed E-state index contributed by atoms with van der Waals surface area (Å²) in [5.41, 5.74) is 6.66. The first-order chi connectivity index (χ1) is 18.4. The van der Waals surface area contributed by atoms with Gasteiger partial charge >= 0.3 is 23.9 Å². The second kappa shape index (κ2) is 18.4. The summed E-state index contributed by atoms with van der Waals surface area (Å²) in [6, 6.07) is 3.74. The molecule has 0 amide bonds. The minimum atomic E-state index is -0.999. The van der Waals surface area contributed by atoms with Crippen LogP contribution in [0, 0.1) is 11.8 Å². The molecule has 1 aromatic rings. The maximum atomic E-state index is 12.5. The first-order valence-electron chi connectivity index (χ1n) is 14.1. The summed E-state index contributed by atoms with van der Waals surface area (Å²) in [5.74, 6) is -0.928. The minimum absolute atomic E-state index is 0.0993. The van der Waals surface area contributed by atoms with Crippen molar-refractivity contribution in [1.29, 1.82) is 0 Å². The van der Waals surface area contributed by atoms with Gasteiger partial charge in [0.15, 0.2) is 11.5 Å². The molecule has 0 aromatic heterocycles. The third kappa shape index (κ3) is 15.3. The van der Waals surface area contributed by atoms with Crippen molar-refractivity contribution in [2.24, 2.45) is 17.6 Å². The Morgan fingerprint density at radius 3 is 1.95 bits per heavy atom. The Morgan fingerprint density at radius 2 is 1.38 bits per heavy atom. The summed E-state index contributed by atoms with van der Waals surface area (Å²) in [5, 5.41) is 0. The molecule has 9 nitrogen and oxygen atoms in total. The van der Waals surface area contributed by atoms with Crippen LogP contribution in [0.4, 0.5) is 0 Å². The Kier molecular flexibility index (Phi) is 16.1. The molecule has 220 valence electrons. The number of carbonyl (C=O) groups excluding carboxylic acids is 4. The largest absolute Gasteiger partial charge is 0.461 e. The van der Waals surface area contributed by atoms with Gasteiger partial charge in [0.05, 0.1) is 0 Å². The van der Waals surface area contributed by atoms with Gasteiger partial charge in [-0.2, -0.15) is 0 Å². The number of unbranched alkanes of at least 4 members (excludes halogenated alkanes) is 2. The van der Waals surface area contributed by atoms with Crippen LogP contribution in [0.5, 0.6) is 11.5 Å². The Bertz CT molecular complexity index is 928. The summed E-state index contributed by atoms with van der Waals surface area (Å²) in [6.45, 7) is 11.6. The molecule has 1 rings (SSSR count). The van der Waals surface area contributed by atoms with Crippen molar-refractivity contribution in [1.82, 2.24) is 0 Å². The van der Waals surface area contributed by atoms with Gasteiger partial charge < -0.3 is 24.7 Å². The molecule has 0 spiro atoms. The van der Waals surface area contributed by atoms with Gasteiger partial charge in [-0.05, 0) is 62.1 Å². The van der Waals surface area contributed by atoms with Gasteiger partial charge in [0.25, 0.3) is 0 Å². The highest BCUT2D eigenvalue weighted by atomic mass is 16.6. The zero-order valence-corrected chi connectivity index (χ0v) is 24.5. The van der Waals surface area contributed by atoms with E-state index < -0.39 is 30.1 Å². The van der Waals surface area contributed by atoms with Gasteiger partial charge in [-0.25, -0.2) is 0 Å². The van der Waals surface area contributed by atoms with Gasteiger partial charge in [0.1, 0.15) is 18.8 Å². The van der Waals surface area contributed by atoms with Gasteiger partial charge in [-0.3, -0.25) is 19.2 Å². The van der Waals surface area contributed by atoms with E-state index in [4.69, 9.17) is 24.7 Å². The summed E-state index contributed by atoms with van der Waals surface area (Å²) >= 11 is 0. The Morgan fingerprint density at radius 1 is 0.795 bits per heavy atom. The standard InChI is InChI=1S/C30H47NO8/c1-7-8-9-10-27(32)37-22(6)19-36-30(35)24(31)17-23-13-14-25(38-28(33)15-11-20(2)3)26(18-23)39-29(34)16-12-21(4)5/h13-14,18,20-22,24H,7-12,15-17,19,31H2,1-6H3/t22-,24-/m0/s1. The number of hydrogen-bond acceptors (Lipinski definition) is 9. The van der Waals surface area contributed by atoms with Crippen molar-refractivity contribution < 1.29 is 38.1 Å². The third-order valence-electron chi connectivity index (χ3n) is 5.84. The van der Waals surface area contributed by atoms with Crippen LogP contribution >= 0.6 is 0 Å². The number of benzene rings is 1. The Hall–Kier alpha value is -2.94. The predicted octanol–water partition coefficient (Wildman–Crippen LogP) is 5.29. The molecule has 0 heterocycles. The maximum absolute atomic E-state index is 12.5. The minimum Gasteiger partial charge on any atom is -0.461 e. The highest BCUT2D eigenvalue weighted by Crippen LogP contribution is 2.30. The van der Waals surface area contributed by atoms with E-state index in [2.05, 4.69) is 6.92 Å². The number of carbonyl (C=O) groups is 4. The van der Waals surface area contributed by atoms with Crippen molar-refractivity contribution in [3.63, 3.8) is 0 Å².